The number of carbonyl (C=O) groups excluding carboxylic acids is 1. The average Bonchev–Trinajstić information content (AvgIpc) is 3.41. The first kappa shape index (κ1) is 19.1. The van der Waals surface area contributed by atoms with Gasteiger partial charge in [0.2, 0.25) is 5.91 Å². The van der Waals surface area contributed by atoms with Crippen molar-refractivity contribution in [3.63, 3.8) is 0 Å². The van der Waals surface area contributed by atoms with E-state index in [-0.39, 0.29) is 5.92 Å². The molecular weight excluding hydrogens is 356 g/mol. The Morgan fingerprint density at radius 3 is 2.72 bits per heavy atom. The second-order valence-corrected chi connectivity index (χ2v) is 9.67. The molecule has 1 aromatic carbocycles. The number of rotatable bonds is 5. The largest absolute Gasteiger partial charge is 0.309 e. The smallest absolute Gasteiger partial charge is 0.230 e. The second kappa shape index (κ2) is 7.75. The molecule has 29 heavy (non-hydrogen) atoms. The van der Waals surface area contributed by atoms with E-state index in [1.165, 1.54) is 11.3 Å². The van der Waals surface area contributed by atoms with Gasteiger partial charge in [-0.1, -0.05) is 56.3 Å². The first-order chi connectivity index (χ1) is 14.2. The van der Waals surface area contributed by atoms with Crippen molar-refractivity contribution in [2.75, 3.05) is 19.6 Å². The van der Waals surface area contributed by atoms with Crippen LogP contribution in [0.25, 0.3) is 0 Å². The van der Waals surface area contributed by atoms with Gasteiger partial charge in [-0.2, -0.15) is 0 Å². The molecule has 0 radical (unpaired) electrons. The lowest BCUT2D eigenvalue weighted by Gasteiger charge is -2.49. The van der Waals surface area contributed by atoms with Crippen LogP contribution in [0, 0.1) is 29.6 Å². The molecule has 2 heterocycles. The molecule has 0 N–H and O–H groups in total. The highest BCUT2D eigenvalue weighted by Crippen LogP contribution is 2.51. The highest BCUT2D eigenvalue weighted by atomic mass is 16.2. The molecule has 3 fully saturated rings. The van der Waals surface area contributed by atoms with E-state index < -0.39 is 0 Å². The van der Waals surface area contributed by atoms with Gasteiger partial charge < -0.3 is 9.80 Å². The summed E-state index contributed by atoms with van der Waals surface area (Å²) in [6.45, 7) is 7.88. The number of fused-ring (bicyclic) bond motifs is 2. The molecule has 2 aliphatic heterocycles. The number of benzene rings is 1. The molecule has 4 aliphatic rings. The monoisotopic (exact) mass is 390 g/mol. The summed E-state index contributed by atoms with van der Waals surface area (Å²) < 4.78 is 0. The fourth-order valence-electron chi connectivity index (χ4n) is 6.00. The van der Waals surface area contributed by atoms with Crippen LogP contribution in [0.1, 0.15) is 38.7 Å². The summed E-state index contributed by atoms with van der Waals surface area (Å²) in [6.07, 6.45) is 11.3. The zero-order chi connectivity index (χ0) is 20.0. The Hall–Kier alpha value is -1.87. The number of carbonyl (C=O) groups is 1. The van der Waals surface area contributed by atoms with Crippen molar-refractivity contribution in [1.82, 2.24) is 9.80 Å². The van der Waals surface area contributed by atoms with Crippen LogP contribution < -0.4 is 0 Å². The summed E-state index contributed by atoms with van der Waals surface area (Å²) in [7, 11) is 0. The Balaban J connectivity index is 1.30. The number of hydrogen-bond donors (Lipinski definition) is 0. The van der Waals surface area contributed by atoms with Crippen molar-refractivity contribution >= 4 is 5.91 Å². The maximum Gasteiger partial charge on any atom is 0.230 e. The fourth-order valence-corrected chi connectivity index (χ4v) is 6.00. The topological polar surface area (TPSA) is 23.6 Å². The van der Waals surface area contributed by atoms with Crippen LogP contribution in [0.5, 0.6) is 0 Å². The van der Waals surface area contributed by atoms with Gasteiger partial charge >= 0.3 is 0 Å². The number of piperidine rings is 2. The molecule has 0 aromatic heterocycles. The number of allylic oxidation sites excluding steroid dienone is 3. The molecule has 0 spiro atoms. The molecule has 3 heteroatoms. The van der Waals surface area contributed by atoms with E-state index in [1.807, 2.05) is 0 Å². The molecule has 0 bridgehead atoms. The van der Waals surface area contributed by atoms with Gasteiger partial charge in [-0.25, -0.2) is 0 Å². The van der Waals surface area contributed by atoms with Crippen molar-refractivity contribution in [2.24, 2.45) is 29.6 Å². The average molecular weight is 391 g/mol. The Labute approximate surface area is 175 Å². The summed E-state index contributed by atoms with van der Waals surface area (Å²) in [5.41, 5.74) is 2.62. The molecule has 6 unspecified atom stereocenters. The maximum atomic E-state index is 13.3. The molecule has 1 saturated carbocycles. The van der Waals surface area contributed by atoms with Crippen LogP contribution in [-0.4, -0.2) is 41.4 Å². The van der Waals surface area contributed by atoms with Crippen LogP contribution >= 0.6 is 0 Å². The first-order valence-electron chi connectivity index (χ1n) is 11.6. The predicted octanol–water partition coefficient (Wildman–Crippen LogP) is 4.51. The van der Waals surface area contributed by atoms with Crippen LogP contribution in [0.2, 0.25) is 0 Å². The van der Waals surface area contributed by atoms with Crippen LogP contribution in [0.3, 0.4) is 0 Å². The summed E-state index contributed by atoms with van der Waals surface area (Å²) in [4.78, 5) is 18.2. The first-order valence-corrected chi connectivity index (χ1v) is 11.6. The predicted molar refractivity (Wildman–Crippen MR) is 117 cm³/mol. The van der Waals surface area contributed by atoms with Crippen LogP contribution in [0.15, 0.2) is 54.3 Å². The number of amides is 1. The van der Waals surface area contributed by atoms with Gasteiger partial charge in [-0.05, 0) is 61.0 Å². The van der Waals surface area contributed by atoms with E-state index in [2.05, 4.69) is 72.2 Å². The Morgan fingerprint density at radius 1 is 1.14 bits per heavy atom. The summed E-state index contributed by atoms with van der Waals surface area (Å²) in [5, 5.41) is 0. The Kier molecular flexibility index (Phi) is 5.11. The Morgan fingerprint density at radius 2 is 1.97 bits per heavy atom. The summed E-state index contributed by atoms with van der Waals surface area (Å²) in [5.74, 6) is 3.31. The van der Waals surface area contributed by atoms with Gasteiger partial charge in [0.1, 0.15) is 0 Å². The van der Waals surface area contributed by atoms with E-state index >= 15 is 0 Å². The summed E-state index contributed by atoms with van der Waals surface area (Å²) >= 11 is 0. The minimum Gasteiger partial charge on any atom is -0.309 e. The van der Waals surface area contributed by atoms with E-state index in [4.69, 9.17) is 0 Å². The standard InChI is InChI=1S/C26H34N2O/c1-3-20-15-21-17-27(13-11-19-7-5-4-6-8-19)14-12-25(21)28(26(20)29)22-9-10-23-18(2)24(23)16-22/h4-10,16,18,20-21,23-25H,3,11-15,17H2,1-2H3. The Bertz CT molecular complexity index is 813. The SMILES string of the molecule is CCC1CC2CN(CCc3ccccc3)CCC2N(C2=CC3C(C)C3C=C2)C1=O. The molecule has 1 amide bonds. The summed E-state index contributed by atoms with van der Waals surface area (Å²) in [6, 6.07) is 11.2. The molecule has 2 saturated heterocycles. The molecule has 154 valence electrons. The highest BCUT2D eigenvalue weighted by molar-refractivity contribution is 5.82. The molecule has 3 nitrogen and oxygen atoms in total. The second-order valence-electron chi connectivity index (χ2n) is 9.67. The van der Waals surface area contributed by atoms with Gasteiger partial charge in [-0.3, -0.25) is 4.79 Å². The van der Waals surface area contributed by atoms with Crippen molar-refractivity contribution in [3.05, 3.63) is 59.8 Å². The fraction of sp³-hybridized carbons (Fsp3) is 0.577. The minimum absolute atomic E-state index is 0.189. The van der Waals surface area contributed by atoms with Crippen LogP contribution in [-0.2, 0) is 11.2 Å². The van der Waals surface area contributed by atoms with Crippen molar-refractivity contribution in [1.29, 1.82) is 0 Å². The lowest BCUT2D eigenvalue weighted by Crippen LogP contribution is -2.58. The van der Waals surface area contributed by atoms with E-state index in [0.29, 0.717) is 23.8 Å². The molecular formula is C26H34N2O. The molecule has 6 atom stereocenters. The van der Waals surface area contributed by atoms with Gasteiger partial charge in [-0.15, -0.1) is 0 Å². The van der Waals surface area contributed by atoms with Gasteiger partial charge in [0.15, 0.2) is 0 Å². The van der Waals surface area contributed by atoms with Gasteiger partial charge in [0.05, 0.1) is 0 Å². The molecule has 2 aliphatic carbocycles. The number of likely N-dealkylation sites (tertiary alicyclic amines) is 2. The van der Waals surface area contributed by atoms with Gasteiger partial charge in [0, 0.05) is 37.3 Å². The molecule has 1 aromatic rings. The lowest BCUT2D eigenvalue weighted by molar-refractivity contribution is -0.144. The zero-order valence-electron chi connectivity index (χ0n) is 17.8. The van der Waals surface area contributed by atoms with E-state index in [9.17, 15) is 4.79 Å². The van der Waals surface area contributed by atoms with Crippen molar-refractivity contribution in [3.8, 4) is 0 Å². The zero-order valence-corrected chi connectivity index (χ0v) is 17.8. The highest BCUT2D eigenvalue weighted by Gasteiger charge is 2.48. The maximum absolute atomic E-state index is 13.3. The third-order valence-corrected chi connectivity index (χ3v) is 7.98. The third-order valence-electron chi connectivity index (χ3n) is 7.98. The number of nitrogens with zero attached hydrogens (tertiary/aromatic N) is 2. The number of hydrogen-bond acceptors (Lipinski definition) is 2. The quantitative estimate of drug-likeness (QED) is 0.738. The van der Waals surface area contributed by atoms with Gasteiger partial charge in [0.25, 0.3) is 0 Å². The minimum atomic E-state index is 0.189. The van der Waals surface area contributed by atoms with Crippen molar-refractivity contribution < 1.29 is 4.79 Å². The van der Waals surface area contributed by atoms with Crippen LogP contribution in [0.4, 0.5) is 0 Å². The normalized spacial score (nSPS) is 36.4. The molecule has 5 rings (SSSR count). The lowest BCUT2D eigenvalue weighted by atomic mass is 9.77. The van der Waals surface area contributed by atoms with E-state index in [1.54, 1.807) is 0 Å². The third kappa shape index (κ3) is 3.59. The van der Waals surface area contributed by atoms with Crippen molar-refractivity contribution in [2.45, 2.75) is 45.6 Å². The van der Waals surface area contributed by atoms with E-state index in [0.717, 1.165) is 57.2 Å².